The molecule has 3 aromatic rings. The van der Waals surface area contributed by atoms with E-state index in [1.807, 2.05) is 13.8 Å². The normalized spacial score (nSPS) is 14.1. The molecule has 0 aliphatic carbocycles. The van der Waals surface area contributed by atoms with E-state index < -0.39 is 33.8 Å². The summed E-state index contributed by atoms with van der Waals surface area (Å²) < 4.78 is 27.6. The highest BCUT2D eigenvalue weighted by atomic mass is 32.2. The van der Waals surface area contributed by atoms with Gasteiger partial charge in [-0.15, -0.1) is 0 Å². The molecule has 2 heterocycles. The number of carbonyl (C=O) groups excluding carboxylic acids is 3. The van der Waals surface area contributed by atoms with E-state index in [1.54, 1.807) is 36.4 Å². The van der Waals surface area contributed by atoms with Gasteiger partial charge in [-0.25, -0.2) is 13.4 Å². The summed E-state index contributed by atoms with van der Waals surface area (Å²) in [7, 11) is -3.87. The first-order valence-electron chi connectivity index (χ1n) is 11.0. The number of carbonyl (C=O) groups is 3. The van der Waals surface area contributed by atoms with Gasteiger partial charge in [-0.1, -0.05) is 32.0 Å². The molecule has 0 saturated carbocycles. The van der Waals surface area contributed by atoms with Gasteiger partial charge in [0.2, 0.25) is 5.91 Å². The number of nitrogens with zero attached hydrogens (tertiary/aromatic N) is 2. The average Bonchev–Trinajstić information content (AvgIpc) is 3.08. The predicted molar refractivity (Wildman–Crippen MR) is 130 cm³/mol. The van der Waals surface area contributed by atoms with E-state index >= 15 is 0 Å². The van der Waals surface area contributed by atoms with Crippen molar-refractivity contribution in [3.63, 3.8) is 0 Å². The van der Waals surface area contributed by atoms with Gasteiger partial charge in [0.25, 0.3) is 21.8 Å². The quantitative estimate of drug-likeness (QED) is 0.464. The molecule has 3 amide bonds. The van der Waals surface area contributed by atoms with Crippen molar-refractivity contribution in [3.8, 4) is 0 Å². The van der Waals surface area contributed by atoms with Gasteiger partial charge in [-0.3, -0.25) is 24.0 Å². The number of benzene rings is 2. The standard InChI is InChI=1S/C25H24N4O5S/c1-16(2)15-21(29-24(31)19-7-3-4-8-20(19)25(29)32)23(30)27-17-10-12-18(13-11-17)35(33,34)28-22-9-5-6-14-26-22/h3-14,16,21H,15H2,1-2H3,(H,26,28)(H,27,30)/t21-/m1/s1. The molecule has 1 aliphatic rings. The number of imide groups is 1. The second-order valence-electron chi connectivity index (χ2n) is 8.51. The van der Waals surface area contributed by atoms with Gasteiger partial charge in [0.05, 0.1) is 16.0 Å². The third kappa shape index (κ3) is 5.07. The number of anilines is 2. The number of hydrogen-bond donors (Lipinski definition) is 2. The van der Waals surface area contributed by atoms with Crippen LogP contribution in [0.2, 0.25) is 0 Å². The fourth-order valence-electron chi connectivity index (χ4n) is 3.83. The van der Waals surface area contributed by atoms with E-state index in [2.05, 4.69) is 15.0 Å². The summed E-state index contributed by atoms with van der Waals surface area (Å²) in [6.07, 6.45) is 1.75. The predicted octanol–water partition coefficient (Wildman–Crippen LogP) is 3.53. The third-order valence-electron chi connectivity index (χ3n) is 5.47. The van der Waals surface area contributed by atoms with E-state index in [4.69, 9.17) is 0 Å². The first-order valence-corrected chi connectivity index (χ1v) is 12.5. The summed E-state index contributed by atoms with van der Waals surface area (Å²) >= 11 is 0. The second-order valence-corrected chi connectivity index (χ2v) is 10.2. The van der Waals surface area contributed by atoms with Crippen molar-refractivity contribution < 1.29 is 22.8 Å². The van der Waals surface area contributed by atoms with Crippen LogP contribution in [-0.4, -0.2) is 42.1 Å². The first kappa shape index (κ1) is 24.1. The monoisotopic (exact) mass is 492 g/mol. The average molecular weight is 493 g/mol. The van der Waals surface area contributed by atoms with Crippen molar-refractivity contribution in [2.45, 2.75) is 31.2 Å². The van der Waals surface area contributed by atoms with Crippen LogP contribution in [0, 0.1) is 5.92 Å². The van der Waals surface area contributed by atoms with Crippen LogP contribution in [0.3, 0.4) is 0 Å². The molecule has 0 saturated heterocycles. The number of rotatable bonds is 8. The van der Waals surface area contributed by atoms with Crippen LogP contribution in [0.4, 0.5) is 11.5 Å². The van der Waals surface area contributed by atoms with Crippen molar-refractivity contribution in [2.75, 3.05) is 10.0 Å². The molecule has 1 aromatic heterocycles. The molecule has 0 spiro atoms. The lowest BCUT2D eigenvalue weighted by atomic mass is 10.0. The molecule has 0 unspecified atom stereocenters. The van der Waals surface area contributed by atoms with Crippen LogP contribution in [0.5, 0.6) is 0 Å². The summed E-state index contributed by atoms with van der Waals surface area (Å²) in [6, 6.07) is 15.9. The van der Waals surface area contributed by atoms with Crippen molar-refractivity contribution in [2.24, 2.45) is 5.92 Å². The fourth-order valence-corrected chi connectivity index (χ4v) is 4.84. The van der Waals surface area contributed by atoms with Gasteiger partial charge in [0.1, 0.15) is 11.9 Å². The number of hydrogen-bond acceptors (Lipinski definition) is 6. The smallest absolute Gasteiger partial charge is 0.263 e. The Hall–Kier alpha value is -4.05. The Bertz CT molecular complexity index is 1340. The molecule has 4 rings (SSSR count). The van der Waals surface area contributed by atoms with Crippen molar-refractivity contribution in [1.82, 2.24) is 9.88 Å². The molecule has 0 fully saturated rings. The lowest BCUT2D eigenvalue weighted by Gasteiger charge is -2.26. The molecular weight excluding hydrogens is 468 g/mol. The lowest BCUT2D eigenvalue weighted by molar-refractivity contribution is -0.120. The van der Waals surface area contributed by atoms with E-state index in [0.29, 0.717) is 5.69 Å². The van der Waals surface area contributed by atoms with Gasteiger partial charge in [-0.05, 0) is 60.9 Å². The summed E-state index contributed by atoms with van der Waals surface area (Å²) in [5, 5.41) is 2.71. The first-order chi connectivity index (χ1) is 16.7. The molecule has 1 atom stereocenters. The summed E-state index contributed by atoms with van der Waals surface area (Å²) in [5.41, 5.74) is 0.875. The van der Waals surface area contributed by atoms with Crippen molar-refractivity contribution in [1.29, 1.82) is 0 Å². The number of amides is 3. The summed E-state index contributed by atoms with van der Waals surface area (Å²) in [6.45, 7) is 3.79. The Morgan fingerprint density at radius 1 is 0.914 bits per heavy atom. The third-order valence-corrected chi connectivity index (χ3v) is 6.84. The van der Waals surface area contributed by atoms with E-state index in [1.165, 1.54) is 36.5 Å². The number of pyridine rings is 1. The van der Waals surface area contributed by atoms with Crippen molar-refractivity contribution in [3.05, 3.63) is 84.1 Å². The van der Waals surface area contributed by atoms with Crippen LogP contribution in [0.15, 0.2) is 77.8 Å². The highest BCUT2D eigenvalue weighted by Gasteiger charge is 2.42. The van der Waals surface area contributed by atoms with Gasteiger partial charge in [0, 0.05) is 11.9 Å². The molecule has 180 valence electrons. The van der Waals surface area contributed by atoms with Crippen LogP contribution in [0.25, 0.3) is 0 Å². The van der Waals surface area contributed by atoms with Gasteiger partial charge in [-0.2, -0.15) is 0 Å². The Labute approximate surface area is 203 Å². The molecule has 0 radical (unpaired) electrons. The molecule has 35 heavy (non-hydrogen) atoms. The van der Waals surface area contributed by atoms with E-state index in [-0.39, 0.29) is 34.2 Å². The van der Waals surface area contributed by atoms with Crippen molar-refractivity contribution >= 4 is 39.3 Å². The van der Waals surface area contributed by atoms with Gasteiger partial charge >= 0.3 is 0 Å². The van der Waals surface area contributed by atoms with Gasteiger partial charge in [0.15, 0.2) is 0 Å². The van der Waals surface area contributed by atoms with Crippen LogP contribution in [0.1, 0.15) is 41.0 Å². The SMILES string of the molecule is CC(C)C[C@H](C(=O)Nc1ccc(S(=O)(=O)Nc2ccccn2)cc1)N1C(=O)c2ccccc2C1=O. The van der Waals surface area contributed by atoms with E-state index in [9.17, 15) is 22.8 Å². The molecule has 10 heteroatoms. The highest BCUT2D eigenvalue weighted by Crippen LogP contribution is 2.28. The number of sulfonamides is 1. The molecule has 9 nitrogen and oxygen atoms in total. The Morgan fingerprint density at radius 2 is 1.51 bits per heavy atom. The lowest BCUT2D eigenvalue weighted by Crippen LogP contribution is -2.47. The maximum Gasteiger partial charge on any atom is 0.263 e. The number of fused-ring (bicyclic) bond motifs is 1. The van der Waals surface area contributed by atoms with Gasteiger partial charge < -0.3 is 5.32 Å². The summed E-state index contributed by atoms with van der Waals surface area (Å²) in [5.74, 6) is -1.33. The molecule has 2 N–H and O–H groups in total. The minimum atomic E-state index is -3.87. The zero-order valence-corrected chi connectivity index (χ0v) is 20.0. The number of aromatic nitrogens is 1. The van der Waals surface area contributed by atoms with E-state index in [0.717, 1.165) is 4.90 Å². The molecule has 1 aliphatic heterocycles. The highest BCUT2D eigenvalue weighted by molar-refractivity contribution is 7.92. The summed E-state index contributed by atoms with van der Waals surface area (Å²) in [4.78, 5) is 44.0. The Balaban J connectivity index is 1.52. The molecule has 2 aromatic carbocycles. The minimum Gasteiger partial charge on any atom is -0.324 e. The fraction of sp³-hybridized carbons (Fsp3) is 0.200. The maximum atomic E-state index is 13.2. The maximum absolute atomic E-state index is 13.2. The second kappa shape index (κ2) is 9.67. The Morgan fingerprint density at radius 3 is 2.06 bits per heavy atom. The number of nitrogens with one attached hydrogen (secondary N) is 2. The molecule has 0 bridgehead atoms. The minimum absolute atomic E-state index is 0.0137. The zero-order chi connectivity index (χ0) is 25.2. The topological polar surface area (TPSA) is 126 Å². The van der Waals surface area contributed by atoms with Crippen LogP contribution in [-0.2, 0) is 14.8 Å². The zero-order valence-electron chi connectivity index (χ0n) is 19.1. The molecular formula is C25H24N4O5S. The van der Waals surface area contributed by atoms with Crippen LogP contribution < -0.4 is 10.0 Å². The largest absolute Gasteiger partial charge is 0.324 e. The van der Waals surface area contributed by atoms with Crippen LogP contribution >= 0.6 is 0 Å². The Kier molecular flexibility index (Phi) is 6.65.